The van der Waals surface area contributed by atoms with Crippen LogP contribution in [-0.2, 0) is 35.2 Å². The van der Waals surface area contributed by atoms with Gasteiger partial charge in [0.2, 0.25) is 0 Å². The lowest BCUT2D eigenvalue weighted by Gasteiger charge is -2.22. The highest BCUT2D eigenvalue weighted by Gasteiger charge is 2.31. The Morgan fingerprint density at radius 3 is 2.03 bits per heavy atom. The van der Waals surface area contributed by atoms with Crippen LogP contribution in [0.15, 0.2) is 54.6 Å². The Morgan fingerprint density at radius 1 is 0.838 bits per heavy atom. The van der Waals surface area contributed by atoms with Gasteiger partial charge >= 0.3 is 17.9 Å². The predicted octanol–water partition coefficient (Wildman–Crippen LogP) is 5.19. The van der Waals surface area contributed by atoms with Crippen molar-refractivity contribution in [3.8, 4) is 0 Å². The van der Waals surface area contributed by atoms with E-state index in [4.69, 9.17) is 19.3 Å². The Kier molecular flexibility index (Phi) is 10.4. The monoisotopic (exact) mass is 508 g/mol. The van der Waals surface area contributed by atoms with E-state index in [0.29, 0.717) is 12.8 Å². The molecule has 3 aromatic rings. The van der Waals surface area contributed by atoms with E-state index in [-0.39, 0.29) is 32.7 Å². The second-order valence-corrected chi connectivity index (χ2v) is 9.35. The first kappa shape index (κ1) is 28.1. The van der Waals surface area contributed by atoms with E-state index in [1.807, 2.05) is 55.5 Å². The number of ether oxygens (including phenoxy) is 3. The van der Waals surface area contributed by atoms with Gasteiger partial charge in [-0.15, -0.1) is 0 Å². The molecule has 7 heteroatoms. The first-order valence-electron chi connectivity index (χ1n) is 12.8. The Bertz CT molecular complexity index is 1170. The third-order valence-corrected chi connectivity index (χ3v) is 6.76. The van der Waals surface area contributed by atoms with E-state index < -0.39 is 35.7 Å². The van der Waals surface area contributed by atoms with Gasteiger partial charge in [-0.1, -0.05) is 62.4 Å². The lowest BCUT2D eigenvalue weighted by molar-refractivity contribution is -0.153. The van der Waals surface area contributed by atoms with Gasteiger partial charge in [-0.2, -0.15) is 0 Å². The minimum absolute atomic E-state index is 0.0664. The summed E-state index contributed by atoms with van der Waals surface area (Å²) in [4.78, 5) is 38.0. The molecular formula is C30H36O7. The highest BCUT2D eigenvalue weighted by atomic mass is 16.5. The maximum atomic E-state index is 13.0. The fourth-order valence-electron chi connectivity index (χ4n) is 4.66. The van der Waals surface area contributed by atoms with Crippen molar-refractivity contribution in [1.29, 1.82) is 0 Å². The van der Waals surface area contributed by atoms with Gasteiger partial charge in [0, 0.05) is 18.6 Å². The second-order valence-electron chi connectivity index (χ2n) is 9.35. The normalized spacial score (nSPS) is 13.6. The zero-order valence-corrected chi connectivity index (χ0v) is 21.8. The highest BCUT2D eigenvalue weighted by molar-refractivity contribution is 6.02. The fourth-order valence-corrected chi connectivity index (χ4v) is 4.66. The van der Waals surface area contributed by atoms with E-state index in [9.17, 15) is 14.4 Å². The second kappa shape index (κ2) is 13.7. The van der Waals surface area contributed by atoms with E-state index >= 15 is 0 Å². The van der Waals surface area contributed by atoms with Crippen LogP contribution in [0, 0.1) is 17.8 Å². The number of rotatable bonds is 13. The van der Waals surface area contributed by atoms with Crippen LogP contribution in [0.25, 0.3) is 21.5 Å². The first-order valence-corrected chi connectivity index (χ1v) is 12.8. The molecule has 0 aliphatic rings. The number of hydrogen-bond acceptors (Lipinski definition) is 7. The van der Waals surface area contributed by atoms with Crippen LogP contribution >= 0.6 is 0 Å². The van der Waals surface area contributed by atoms with Crippen LogP contribution in [0.3, 0.4) is 0 Å². The van der Waals surface area contributed by atoms with Crippen LogP contribution in [0.5, 0.6) is 0 Å². The van der Waals surface area contributed by atoms with Crippen molar-refractivity contribution in [1.82, 2.24) is 0 Å². The Hall–Kier alpha value is -3.45. The van der Waals surface area contributed by atoms with Gasteiger partial charge in [-0.05, 0) is 46.9 Å². The van der Waals surface area contributed by atoms with Gasteiger partial charge in [0.15, 0.2) is 0 Å². The quantitative estimate of drug-likeness (QED) is 0.147. The van der Waals surface area contributed by atoms with E-state index in [0.717, 1.165) is 27.1 Å². The third-order valence-electron chi connectivity index (χ3n) is 6.76. The van der Waals surface area contributed by atoms with Crippen molar-refractivity contribution in [3.63, 3.8) is 0 Å². The molecule has 0 heterocycles. The maximum Gasteiger partial charge on any atom is 0.309 e. The molecule has 3 aromatic carbocycles. The third kappa shape index (κ3) is 7.29. The average molecular weight is 509 g/mol. The molecule has 0 aliphatic heterocycles. The Balaban J connectivity index is 1.70. The molecule has 3 unspecified atom stereocenters. The molecule has 0 aliphatic carbocycles. The SMILES string of the molecule is CCC(CC(CC(C)C(=O)OCc1c2ccccc2cc2ccccc12)C(=O)OC)C(=O)OCCCO. The summed E-state index contributed by atoms with van der Waals surface area (Å²) >= 11 is 0. The Labute approximate surface area is 217 Å². The summed E-state index contributed by atoms with van der Waals surface area (Å²) in [6.07, 6.45) is 1.25. The molecule has 1 N–H and O–H groups in total. The minimum Gasteiger partial charge on any atom is -0.469 e. The summed E-state index contributed by atoms with van der Waals surface area (Å²) in [7, 11) is 1.30. The van der Waals surface area contributed by atoms with Crippen LogP contribution < -0.4 is 0 Å². The molecule has 0 aromatic heterocycles. The number of fused-ring (bicyclic) bond motifs is 2. The fraction of sp³-hybridized carbons (Fsp3) is 0.433. The average Bonchev–Trinajstić information content (AvgIpc) is 2.92. The molecule has 198 valence electrons. The molecule has 37 heavy (non-hydrogen) atoms. The zero-order valence-electron chi connectivity index (χ0n) is 21.8. The molecule has 0 radical (unpaired) electrons. The standard InChI is InChI=1S/C30H36O7/c1-4-21(30(34)36-15-9-14-31)17-24(29(33)35-3)16-20(2)28(32)37-19-27-25-12-7-5-10-22(25)18-23-11-6-8-13-26(23)27/h5-8,10-13,18,20-21,24,31H,4,9,14-17,19H2,1-3H3. The molecular weight excluding hydrogens is 472 g/mol. The van der Waals surface area contributed by atoms with Crippen molar-refractivity contribution in [2.75, 3.05) is 20.3 Å². The number of carbonyl (C=O) groups is 3. The van der Waals surface area contributed by atoms with Gasteiger partial charge in [-0.25, -0.2) is 0 Å². The summed E-state index contributed by atoms with van der Waals surface area (Å²) in [5.74, 6) is -3.03. The molecule has 0 saturated carbocycles. The summed E-state index contributed by atoms with van der Waals surface area (Å²) in [5, 5.41) is 13.1. The van der Waals surface area contributed by atoms with Gasteiger partial charge in [0.1, 0.15) is 6.61 Å². The summed E-state index contributed by atoms with van der Waals surface area (Å²) in [6, 6.07) is 18.1. The van der Waals surface area contributed by atoms with Crippen molar-refractivity contribution in [2.24, 2.45) is 17.8 Å². The molecule has 0 bridgehead atoms. The van der Waals surface area contributed by atoms with Crippen molar-refractivity contribution in [3.05, 3.63) is 60.2 Å². The van der Waals surface area contributed by atoms with Crippen molar-refractivity contribution < 1.29 is 33.7 Å². The van der Waals surface area contributed by atoms with Gasteiger partial charge in [-0.3, -0.25) is 14.4 Å². The van der Waals surface area contributed by atoms with Crippen LogP contribution in [0.4, 0.5) is 0 Å². The Morgan fingerprint density at radius 2 is 1.46 bits per heavy atom. The lowest BCUT2D eigenvalue weighted by Crippen LogP contribution is -2.28. The smallest absolute Gasteiger partial charge is 0.309 e. The lowest BCUT2D eigenvalue weighted by atomic mass is 9.86. The van der Waals surface area contributed by atoms with Gasteiger partial charge < -0.3 is 19.3 Å². The predicted molar refractivity (Wildman–Crippen MR) is 142 cm³/mol. The van der Waals surface area contributed by atoms with E-state index in [1.165, 1.54) is 7.11 Å². The molecule has 0 saturated heterocycles. The first-order chi connectivity index (χ1) is 17.9. The molecule has 0 fully saturated rings. The maximum absolute atomic E-state index is 13.0. The molecule has 0 amide bonds. The number of aliphatic hydroxyl groups excluding tert-OH is 1. The minimum atomic E-state index is -0.652. The number of benzene rings is 3. The van der Waals surface area contributed by atoms with Crippen LogP contribution in [0.1, 0.15) is 45.1 Å². The van der Waals surface area contributed by atoms with Gasteiger partial charge in [0.05, 0.1) is 31.5 Å². The van der Waals surface area contributed by atoms with Crippen LogP contribution in [0.2, 0.25) is 0 Å². The number of hydrogen-bond donors (Lipinski definition) is 1. The van der Waals surface area contributed by atoms with E-state index in [2.05, 4.69) is 6.07 Å². The number of methoxy groups -OCH3 is 1. The number of aliphatic hydroxyl groups is 1. The zero-order chi connectivity index (χ0) is 26.8. The molecule has 3 rings (SSSR count). The van der Waals surface area contributed by atoms with Gasteiger partial charge in [0.25, 0.3) is 0 Å². The summed E-state index contributed by atoms with van der Waals surface area (Å²) in [6.45, 7) is 3.74. The largest absolute Gasteiger partial charge is 0.469 e. The van der Waals surface area contributed by atoms with Crippen molar-refractivity contribution >= 4 is 39.5 Å². The van der Waals surface area contributed by atoms with Crippen molar-refractivity contribution in [2.45, 2.75) is 46.1 Å². The van der Waals surface area contributed by atoms with E-state index in [1.54, 1.807) is 6.92 Å². The highest BCUT2D eigenvalue weighted by Crippen LogP contribution is 2.30. The molecule has 3 atom stereocenters. The molecule has 0 spiro atoms. The topological polar surface area (TPSA) is 99.1 Å². The summed E-state index contributed by atoms with van der Waals surface area (Å²) < 4.78 is 15.9. The van der Waals surface area contributed by atoms with Crippen LogP contribution in [-0.4, -0.2) is 43.3 Å². The number of esters is 3. The summed E-state index contributed by atoms with van der Waals surface area (Å²) in [5.41, 5.74) is 0.940. The number of carbonyl (C=O) groups excluding carboxylic acids is 3. The molecule has 7 nitrogen and oxygen atoms in total.